The Morgan fingerprint density at radius 1 is 1.62 bits per heavy atom. The summed E-state index contributed by atoms with van der Waals surface area (Å²) in [5.74, 6) is -0.210. The highest BCUT2D eigenvalue weighted by molar-refractivity contribution is 6.29. The summed E-state index contributed by atoms with van der Waals surface area (Å²) in [5.41, 5.74) is 0.131. The third kappa shape index (κ3) is 2.90. The maximum Gasteiger partial charge on any atom is 0.358 e. The minimum atomic E-state index is -0.498. The first-order valence-electron chi connectivity index (χ1n) is 4.98. The minimum absolute atomic E-state index is 0.131. The molecule has 0 N–H and O–H groups in total. The van der Waals surface area contributed by atoms with Crippen molar-refractivity contribution in [1.29, 1.82) is 0 Å². The van der Waals surface area contributed by atoms with Gasteiger partial charge in [-0.3, -0.25) is 4.98 Å². The van der Waals surface area contributed by atoms with E-state index >= 15 is 0 Å². The second-order valence-corrected chi connectivity index (χ2v) is 3.94. The van der Waals surface area contributed by atoms with Crippen LogP contribution in [0.1, 0.15) is 16.9 Å². The zero-order valence-electron chi connectivity index (χ0n) is 8.56. The van der Waals surface area contributed by atoms with E-state index in [-0.39, 0.29) is 16.8 Å². The predicted octanol–water partition coefficient (Wildman–Crippen LogP) is 1.32. The highest BCUT2D eigenvalue weighted by Crippen LogP contribution is 2.13. The fourth-order valence-electron chi connectivity index (χ4n) is 1.42. The lowest BCUT2D eigenvalue weighted by Gasteiger charge is -2.08. The van der Waals surface area contributed by atoms with E-state index in [0.29, 0.717) is 13.2 Å². The standard InChI is InChI=1S/C10H11ClN2O3/c11-9-4-12-3-8(13-9)10(14)16-6-7-1-2-15-5-7/h3-4,7H,1-2,5-6H2. The van der Waals surface area contributed by atoms with E-state index in [2.05, 4.69) is 9.97 Å². The summed E-state index contributed by atoms with van der Waals surface area (Å²) in [4.78, 5) is 19.1. The molecular formula is C10H11ClN2O3. The Morgan fingerprint density at radius 2 is 2.50 bits per heavy atom. The fraction of sp³-hybridized carbons (Fsp3) is 0.500. The summed E-state index contributed by atoms with van der Waals surface area (Å²) >= 11 is 5.61. The molecule has 0 radical (unpaired) electrons. The van der Waals surface area contributed by atoms with Crippen LogP contribution in [0.2, 0.25) is 5.15 Å². The Morgan fingerprint density at radius 3 is 3.19 bits per heavy atom. The third-order valence-corrected chi connectivity index (χ3v) is 2.47. The first-order chi connectivity index (χ1) is 7.75. The average molecular weight is 243 g/mol. The molecule has 86 valence electrons. The van der Waals surface area contributed by atoms with E-state index in [1.807, 2.05) is 0 Å². The van der Waals surface area contributed by atoms with E-state index in [0.717, 1.165) is 13.0 Å². The summed E-state index contributed by atoms with van der Waals surface area (Å²) in [6.45, 7) is 1.74. The largest absolute Gasteiger partial charge is 0.461 e. The number of ether oxygens (including phenoxy) is 2. The Hall–Kier alpha value is -1.20. The number of aromatic nitrogens is 2. The molecule has 6 heteroatoms. The van der Waals surface area contributed by atoms with Crippen molar-refractivity contribution >= 4 is 17.6 Å². The van der Waals surface area contributed by atoms with Crippen molar-refractivity contribution in [3.05, 3.63) is 23.2 Å². The Balaban J connectivity index is 1.87. The molecule has 0 spiro atoms. The van der Waals surface area contributed by atoms with Crippen LogP contribution in [0.25, 0.3) is 0 Å². The molecule has 2 heterocycles. The van der Waals surface area contributed by atoms with Gasteiger partial charge in [0, 0.05) is 12.5 Å². The van der Waals surface area contributed by atoms with Crippen LogP contribution in [-0.2, 0) is 9.47 Å². The van der Waals surface area contributed by atoms with Crippen LogP contribution in [0.3, 0.4) is 0 Å². The minimum Gasteiger partial charge on any atom is -0.461 e. The quantitative estimate of drug-likeness (QED) is 0.749. The van der Waals surface area contributed by atoms with Crippen LogP contribution < -0.4 is 0 Å². The zero-order valence-corrected chi connectivity index (χ0v) is 9.31. The van der Waals surface area contributed by atoms with Gasteiger partial charge in [0.1, 0.15) is 5.15 Å². The van der Waals surface area contributed by atoms with Gasteiger partial charge in [-0.25, -0.2) is 9.78 Å². The van der Waals surface area contributed by atoms with Crippen LogP contribution in [-0.4, -0.2) is 35.8 Å². The van der Waals surface area contributed by atoms with Crippen molar-refractivity contribution in [2.75, 3.05) is 19.8 Å². The molecule has 2 rings (SSSR count). The second-order valence-electron chi connectivity index (χ2n) is 3.56. The van der Waals surface area contributed by atoms with Crippen molar-refractivity contribution in [3.8, 4) is 0 Å². The molecule has 5 nitrogen and oxygen atoms in total. The lowest BCUT2D eigenvalue weighted by Crippen LogP contribution is -2.15. The molecule has 0 aromatic carbocycles. The number of carbonyl (C=O) groups excluding carboxylic acids is 1. The Kier molecular flexibility index (Phi) is 3.69. The van der Waals surface area contributed by atoms with Crippen LogP contribution in [0.15, 0.2) is 12.4 Å². The molecule has 0 aliphatic carbocycles. The first kappa shape index (κ1) is 11.3. The SMILES string of the molecule is O=C(OCC1CCOC1)c1cncc(Cl)n1. The molecule has 1 aromatic heterocycles. The number of esters is 1. The number of rotatable bonds is 3. The van der Waals surface area contributed by atoms with Gasteiger partial charge in [0.25, 0.3) is 0 Å². The van der Waals surface area contributed by atoms with E-state index in [9.17, 15) is 4.79 Å². The summed E-state index contributed by atoms with van der Waals surface area (Å²) in [6.07, 6.45) is 3.62. The second kappa shape index (κ2) is 5.23. The number of hydrogen-bond donors (Lipinski definition) is 0. The van der Waals surface area contributed by atoms with E-state index in [4.69, 9.17) is 21.1 Å². The number of carbonyl (C=O) groups is 1. The normalized spacial score (nSPS) is 19.7. The molecular weight excluding hydrogens is 232 g/mol. The van der Waals surface area contributed by atoms with Crippen molar-refractivity contribution < 1.29 is 14.3 Å². The van der Waals surface area contributed by atoms with Gasteiger partial charge < -0.3 is 9.47 Å². The average Bonchev–Trinajstić information content (AvgIpc) is 2.78. The lowest BCUT2D eigenvalue weighted by atomic mass is 10.1. The summed E-state index contributed by atoms with van der Waals surface area (Å²) in [7, 11) is 0. The molecule has 1 fully saturated rings. The molecule has 1 unspecified atom stereocenters. The van der Waals surface area contributed by atoms with Gasteiger partial charge in [-0.1, -0.05) is 11.6 Å². The molecule has 1 atom stereocenters. The van der Waals surface area contributed by atoms with Gasteiger partial charge in [-0.05, 0) is 6.42 Å². The summed E-state index contributed by atoms with van der Waals surface area (Å²) in [6, 6.07) is 0. The lowest BCUT2D eigenvalue weighted by molar-refractivity contribution is 0.0421. The zero-order chi connectivity index (χ0) is 11.4. The van der Waals surface area contributed by atoms with Gasteiger partial charge in [-0.2, -0.15) is 0 Å². The van der Waals surface area contributed by atoms with E-state index in [1.54, 1.807) is 0 Å². The van der Waals surface area contributed by atoms with Crippen LogP contribution in [0.5, 0.6) is 0 Å². The molecule has 0 bridgehead atoms. The van der Waals surface area contributed by atoms with Gasteiger partial charge in [-0.15, -0.1) is 0 Å². The highest BCUT2D eigenvalue weighted by atomic mass is 35.5. The van der Waals surface area contributed by atoms with Crippen molar-refractivity contribution in [1.82, 2.24) is 9.97 Å². The van der Waals surface area contributed by atoms with Gasteiger partial charge in [0.05, 0.1) is 25.6 Å². The van der Waals surface area contributed by atoms with E-state index in [1.165, 1.54) is 12.4 Å². The summed E-state index contributed by atoms with van der Waals surface area (Å²) in [5, 5.41) is 0.179. The van der Waals surface area contributed by atoms with Crippen LogP contribution in [0.4, 0.5) is 0 Å². The smallest absolute Gasteiger partial charge is 0.358 e. The van der Waals surface area contributed by atoms with Gasteiger partial charge in [0.2, 0.25) is 0 Å². The third-order valence-electron chi connectivity index (χ3n) is 2.29. The molecule has 0 amide bonds. The Bertz CT molecular complexity index is 380. The number of halogens is 1. The van der Waals surface area contributed by atoms with Crippen molar-refractivity contribution in [2.24, 2.45) is 5.92 Å². The van der Waals surface area contributed by atoms with Crippen LogP contribution >= 0.6 is 11.6 Å². The molecule has 1 saturated heterocycles. The fourth-order valence-corrected chi connectivity index (χ4v) is 1.57. The highest BCUT2D eigenvalue weighted by Gasteiger charge is 2.18. The Labute approximate surface area is 97.7 Å². The molecule has 1 aliphatic heterocycles. The molecule has 1 aromatic rings. The topological polar surface area (TPSA) is 61.3 Å². The maximum absolute atomic E-state index is 11.5. The van der Waals surface area contributed by atoms with Crippen molar-refractivity contribution in [3.63, 3.8) is 0 Å². The molecule has 16 heavy (non-hydrogen) atoms. The summed E-state index contributed by atoms with van der Waals surface area (Å²) < 4.78 is 10.3. The van der Waals surface area contributed by atoms with Gasteiger partial charge >= 0.3 is 5.97 Å². The maximum atomic E-state index is 11.5. The number of hydrogen-bond acceptors (Lipinski definition) is 5. The van der Waals surface area contributed by atoms with Crippen molar-refractivity contribution in [2.45, 2.75) is 6.42 Å². The van der Waals surface area contributed by atoms with E-state index < -0.39 is 5.97 Å². The first-order valence-corrected chi connectivity index (χ1v) is 5.36. The molecule has 0 saturated carbocycles. The van der Waals surface area contributed by atoms with Crippen LogP contribution in [0, 0.1) is 5.92 Å². The monoisotopic (exact) mass is 242 g/mol. The molecule has 1 aliphatic rings. The predicted molar refractivity (Wildman–Crippen MR) is 56.3 cm³/mol. The van der Waals surface area contributed by atoms with Gasteiger partial charge in [0.15, 0.2) is 5.69 Å². The number of nitrogens with zero attached hydrogens (tertiary/aromatic N) is 2.